The van der Waals surface area contributed by atoms with Crippen LogP contribution in [0.3, 0.4) is 0 Å². The molecule has 1 aliphatic carbocycles. The second-order valence-electron chi connectivity index (χ2n) is 4.31. The highest BCUT2D eigenvalue weighted by atomic mass is 32.2. The van der Waals surface area contributed by atoms with Crippen LogP contribution < -0.4 is 5.32 Å². The molecule has 0 bridgehead atoms. The van der Waals surface area contributed by atoms with E-state index in [1.54, 1.807) is 13.8 Å². The van der Waals surface area contributed by atoms with E-state index in [9.17, 15) is 22.4 Å². The van der Waals surface area contributed by atoms with E-state index in [1.807, 2.05) is 0 Å². The van der Waals surface area contributed by atoms with Gasteiger partial charge in [-0.15, -0.1) is 11.8 Å². The molecule has 1 saturated carbocycles. The molecule has 1 unspecified atom stereocenters. The van der Waals surface area contributed by atoms with Crippen molar-refractivity contribution in [3.8, 4) is 0 Å². The molecule has 19 heavy (non-hydrogen) atoms. The average molecular weight is 302 g/mol. The minimum atomic E-state index is -4.17. The van der Waals surface area contributed by atoms with Crippen molar-refractivity contribution in [2.45, 2.75) is 37.4 Å². The van der Waals surface area contributed by atoms with Crippen LogP contribution in [0.15, 0.2) is 5.16 Å². The average Bonchev–Trinajstić information content (AvgIpc) is 2.30. The summed E-state index contributed by atoms with van der Waals surface area (Å²) in [4.78, 5) is 15.1. The molecule has 0 aromatic carbocycles. The van der Waals surface area contributed by atoms with E-state index in [2.05, 4.69) is 15.3 Å². The first-order chi connectivity index (χ1) is 8.61. The first-order valence-corrected chi connectivity index (χ1v) is 6.38. The molecule has 0 aliphatic heterocycles. The predicted octanol–water partition coefficient (Wildman–Crippen LogP) is 3.09. The topological polar surface area (TPSA) is 50.7 Å². The Bertz CT molecular complexity index is 388. The molecule has 110 valence electrons. The number of hydrogen-bond donors (Lipinski definition) is 1. The maximum Gasteiger partial charge on any atom is 0.433 e. The van der Waals surface area contributed by atoms with E-state index >= 15 is 0 Å². The minimum Gasteiger partial charge on any atom is -0.323 e. The number of hydrogen-bond acceptors (Lipinski definition) is 4. The van der Waals surface area contributed by atoms with Crippen LogP contribution >= 0.6 is 11.8 Å². The van der Waals surface area contributed by atoms with Gasteiger partial charge in [0.2, 0.25) is 0 Å². The normalized spacial score (nSPS) is 24.8. The lowest BCUT2D eigenvalue weighted by atomic mass is 9.77. The molecule has 0 spiro atoms. The van der Waals surface area contributed by atoms with Crippen LogP contribution in [-0.4, -0.2) is 35.3 Å². The van der Waals surface area contributed by atoms with E-state index in [0.29, 0.717) is 0 Å². The summed E-state index contributed by atoms with van der Waals surface area (Å²) in [5.41, 5.74) is 0. The monoisotopic (exact) mass is 302 g/mol. The summed E-state index contributed by atoms with van der Waals surface area (Å²) in [7, 11) is 1.26. The number of oxime groups is 1. The lowest BCUT2D eigenvalue weighted by Crippen LogP contribution is -2.61. The highest BCUT2D eigenvalue weighted by molar-refractivity contribution is 8.14. The lowest BCUT2D eigenvalue weighted by molar-refractivity contribution is -0.295. The first-order valence-electron chi connectivity index (χ1n) is 5.50. The van der Waals surface area contributed by atoms with Crippen LogP contribution in [0.4, 0.5) is 22.4 Å². The SMILES string of the molecule is CNC(=O)O/N=C(\SC(C)C)C1CC(F)(F)C1(F)F. The summed E-state index contributed by atoms with van der Waals surface area (Å²) >= 11 is 0.871. The summed E-state index contributed by atoms with van der Waals surface area (Å²) < 4.78 is 52.2. The second kappa shape index (κ2) is 5.56. The van der Waals surface area contributed by atoms with Crippen molar-refractivity contribution in [3.63, 3.8) is 0 Å². The van der Waals surface area contributed by atoms with E-state index in [0.717, 1.165) is 11.8 Å². The molecule has 0 radical (unpaired) electrons. The molecule has 1 amide bonds. The van der Waals surface area contributed by atoms with Crippen molar-refractivity contribution >= 4 is 22.9 Å². The van der Waals surface area contributed by atoms with Crippen LogP contribution in [-0.2, 0) is 4.84 Å². The van der Waals surface area contributed by atoms with Gasteiger partial charge in [0.05, 0.1) is 5.92 Å². The third kappa shape index (κ3) is 3.31. The van der Waals surface area contributed by atoms with Crippen molar-refractivity contribution in [2.24, 2.45) is 11.1 Å². The molecule has 0 saturated heterocycles. The van der Waals surface area contributed by atoms with Gasteiger partial charge in [0.25, 0.3) is 0 Å². The van der Waals surface area contributed by atoms with Gasteiger partial charge in [0.1, 0.15) is 5.04 Å². The van der Waals surface area contributed by atoms with Gasteiger partial charge in [0, 0.05) is 18.7 Å². The number of thioether (sulfide) groups is 1. The van der Waals surface area contributed by atoms with E-state index < -0.39 is 30.3 Å². The second-order valence-corrected chi connectivity index (χ2v) is 5.91. The molecule has 1 N–H and O–H groups in total. The highest BCUT2D eigenvalue weighted by Crippen LogP contribution is 2.57. The highest BCUT2D eigenvalue weighted by Gasteiger charge is 2.73. The minimum absolute atomic E-state index is 0.155. The third-order valence-electron chi connectivity index (χ3n) is 2.46. The molecule has 1 atom stereocenters. The van der Waals surface area contributed by atoms with Crippen LogP contribution in [0.25, 0.3) is 0 Å². The number of nitrogens with zero attached hydrogens (tertiary/aromatic N) is 1. The molecule has 4 nitrogen and oxygen atoms in total. The zero-order chi connectivity index (χ0) is 14.8. The van der Waals surface area contributed by atoms with Gasteiger partial charge in [-0.05, 0) is 0 Å². The quantitative estimate of drug-likeness (QED) is 0.286. The fourth-order valence-electron chi connectivity index (χ4n) is 1.43. The molecule has 1 rings (SSSR count). The van der Waals surface area contributed by atoms with Gasteiger partial charge in [-0.1, -0.05) is 19.0 Å². The summed E-state index contributed by atoms with van der Waals surface area (Å²) in [5.74, 6) is -9.93. The Morgan fingerprint density at radius 2 is 2.00 bits per heavy atom. The maximum absolute atomic E-state index is 13.3. The summed E-state index contributed by atoms with van der Waals surface area (Å²) in [6.07, 6.45) is -1.95. The number of rotatable bonds is 3. The van der Waals surface area contributed by atoms with Crippen molar-refractivity contribution in [2.75, 3.05) is 7.05 Å². The van der Waals surface area contributed by atoms with Gasteiger partial charge in [-0.3, -0.25) is 4.84 Å². The summed E-state index contributed by atoms with van der Waals surface area (Å²) in [6, 6.07) is 0. The van der Waals surface area contributed by atoms with E-state index in [1.165, 1.54) is 7.05 Å². The molecular weight excluding hydrogens is 288 g/mol. The zero-order valence-electron chi connectivity index (χ0n) is 10.5. The smallest absolute Gasteiger partial charge is 0.323 e. The summed E-state index contributed by atoms with van der Waals surface area (Å²) in [6.45, 7) is 3.38. The number of alkyl halides is 4. The van der Waals surface area contributed by atoms with Crippen LogP contribution in [0.2, 0.25) is 0 Å². The van der Waals surface area contributed by atoms with Gasteiger partial charge in [-0.25, -0.2) is 4.79 Å². The Morgan fingerprint density at radius 3 is 2.37 bits per heavy atom. The molecule has 9 heteroatoms. The van der Waals surface area contributed by atoms with Crippen molar-refractivity contribution in [1.82, 2.24) is 5.32 Å². The van der Waals surface area contributed by atoms with Crippen molar-refractivity contribution < 1.29 is 27.2 Å². The largest absolute Gasteiger partial charge is 0.433 e. The standard InChI is InChI=1S/C10H14F4N2O2S/c1-5(2)19-7(16-18-8(17)15-3)6-4-9(11,12)10(6,13)14/h5-6H,4H2,1-3H3,(H,15,17)/b16-7-. The number of carbonyl (C=O) groups is 1. The Balaban J connectivity index is 2.85. The Morgan fingerprint density at radius 1 is 1.42 bits per heavy atom. The van der Waals surface area contributed by atoms with Gasteiger partial charge < -0.3 is 5.32 Å². The molecule has 0 heterocycles. The van der Waals surface area contributed by atoms with E-state index in [-0.39, 0.29) is 10.3 Å². The zero-order valence-corrected chi connectivity index (χ0v) is 11.4. The van der Waals surface area contributed by atoms with Crippen molar-refractivity contribution in [1.29, 1.82) is 0 Å². The fraction of sp³-hybridized carbons (Fsp3) is 0.800. The molecule has 0 aromatic rings. The Hall–Kier alpha value is -0.990. The van der Waals surface area contributed by atoms with Crippen LogP contribution in [0, 0.1) is 5.92 Å². The van der Waals surface area contributed by atoms with Crippen LogP contribution in [0.5, 0.6) is 0 Å². The Kier molecular flexibility index (Phi) is 4.70. The first kappa shape index (κ1) is 16.1. The predicted molar refractivity (Wildman–Crippen MR) is 63.7 cm³/mol. The third-order valence-corrected chi connectivity index (χ3v) is 3.53. The fourth-order valence-corrected chi connectivity index (χ4v) is 2.39. The molecule has 1 aliphatic rings. The number of amides is 1. The van der Waals surface area contributed by atoms with Gasteiger partial charge in [0.15, 0.2) is 0 Å². The molecular formula is C10H14F4N2O2S. The van der Waals surface area contributed by atoms with Gasteiger partial charge in [-0.2, -0.15) is 17.6 Å². The molecule has 1 fully saturated rings. The number of carbonyl (C=O) groups excluding carboxylic acids is 1. The number of nitrogens with one attached hydrogen (secondary N) is 1. The number of halogens is 4. The lowest BCUT2D eigenvalue weighted by Gasteiger charge is -2.43. The van der Waals surface area contributed by atoms with Gasteiger partial charge >= 0.3 is 17.9 Å². The van der Waals surface area contributed by atoms with Crippen LogP contribution in [0.1, 0.15) is 20.3 Å². The molecule has 0 aromatic heterocycles. The maximum atomic E-state index is 13.3. The summed E-state index contributed by atoms with van der Waals surface area (Å²) in [5, 5.41) is 4.89. The Labute approximate surface area is 111 Å². The van der Waals surface area contributed by atoms with E-state index in [4.69, 9.17) is 0 Å². The van der Waals surface area contributed by atoms with Crippen molar-refractivity contribution in [3.05, 3.63) is 0 Å².